The van der Waals surface area contributed by atoms with Crippen molar-refractivity contribution in [3.05, 3.63) is 36.4 Å². The first kappa shape index (κ1) is 14.9. The van der Waals surface area contributed by atoms with Gasteiger partial charge >= 0.3 is 0 Å². The van der Waals surface area contributed by atoms with E-state index in [1.807, 2.05) is 18.5 Å². The number of hydrogen-bond acceptors (Lipinski definition) is 3. The number of nitriles is 1. The van der Waals surface area contributed by atoms with Gasteiger partial charge in [0, 0.05) is 40.6 Å². The molecule has 0 radical (unpaired) electrons. The van der Waals surface area contributed by atoms with E-state index in [0.717, 1.165) is 22.2 Å². The predicted octanol–water partition coefficient (Wildman–Crippen LogP) is 4.38. The zero-order valence-corrected chi connectivity index (χ0v) is 13.9. The molecule has 5 heteroatoms. The fourth-order valence-electron chi connectivity index (χ4n) is 4.13. The van der Waals surface area contributed by atoms with E-state index in [1.54, 1.807) is 0 Å². The molecule has 3 aromatic heterocycles. The van der Waals surface area contributed by atoms with Crippen LogP contribution in [0.5, 0.6) is 0 Å². The third kappa shape index (κ3) is 2.48. The Morgan fingerprint density at radius 2 is 2.25 bits per heavy atom. The van der Waals surface area contributed by atoms with Crippen molar-refractivity contribution in [2.24, 2.45) is 5.92 Å². The first-order chi connectivity index (χ1) is 11.8. The molecule has 1 saturated carbocycles. The van der Waals surface area contributed by atoms with Gasteiger partial charge in [-0.25, -0.2) is 0 Å². The lowest BCUT2D eigenvalue weighted by Crippen LogP contribution is -2.17. The molecule has 4 rings (SSSR count). The average molecular weight is 319 g/mol. The Hall–Kier alpha value is -2.61. The maximum atomic E-state index is 9.30. The quantitative estimate of drug-likeness (QED) is 0.775. The number of H-pyrrole nitrogens is 1. The van der Waals surface area contributed by atoms with Gasteiger partial charge in [-0.3, -0.25) is 0 Å². The van der Waals surface area contributed by atoms with Crippen LogP contribution in [0.2, 0.25) is 0 Å². The third-order valence-electron chi connectivity index (χ3n) is 5.32. The van der Waals surface area contributed by atoms with Crippen molar-refractivity contribution < 1.29 is 0 Å². The lowest BCUT2D eigenvalue weighted by Gasteiger charge is -2.24. The number of aryl methyl sites for hydroxylation is 1. The molecule has 122 valence electrons. The maximum absolute atomic E-state index is 9.30. The number of aromatic amines is 1. The monoisotopic (exact) mass is 319 g/mol. The standard InChI is InChI=1S/C19H21N5/c1-13-10-15(17-11-22-23-19-16(17)7-9-21-19)12-24(13)18(6-8-20)14-4-2-3-5-14/h7,9-12,14,18H,2-6H2,1H3,(H,21,23). The van der Waals surface area contributed by atoms with Gasteiger partial charge in [0.25, 0.3) is 0 Å². The molecule has 0 bridgehead atoms. The van der Waals surface area contributed by atoms with E-state index < -0.39 is 0 Å². The van der Waals surface area contributed by atoms with Gasteiger partial charge in [0.15, 0.2) is 5.65 Å². The molecule has 5 nitrogen and oxygen atoms in total. The highest BCUT2D eigenvalue weighted by molar-refractivity contribution is 5.92. The fourth-order valence-corrected chi connectivity index (χ4v) is 4.13. The number of rotatable bonds is 4. The molecule has 0 saturated heterocycles. The lowest BCUT2D eigenvalue weighted by atomic mass is 9.95. The molecular weight excluding hydrogens is 298 g/mol. The summed E-state index contributed by atoms with van der Waals surface area (Å²) >= 11 is 0. The zero-order valence-electron chi connectivity index (χ0n) is 13.9. The van der Waals surface area contributed by atoms with E-state index >= 15 is 0 Å². The lowest BCUT2D eigenvalue weighted by molar-refractivity contribution is 0.336. The first-order valence-corrected chi connectivity index (χ1v) is 8.62. The molecular formula is C19H21N5. The van der Waals surface area contributed by atoms with Gasteiger partial charge in [0.05, 0.1) is 18.7 Å². The van der Waals surface area contributed by atoms with Crippen molar-refractivity contribution in [1.29, 1.82) is 5.26 Å². The maximum Gasteiger partial charge on any atom is 0.160 e. The fraction of sp³-hybridized carbons (Fsp3) is 0.421. The Labute approximate surface area is 141 Å². The van der Waals surface area contributed by atoms with Gasteiger partial charge in [-0.2, -0.15) is 10.4 Å². The van der Waals surface area contributed by atoms with Crippen LogP contribution in [0, 0.1) is 24.2 Å². The number of aromatic nitrogens is 4. The largest absolute Gasteiger partial charge is 0.347 e. The smallest absolute Gasteiger partial charge is 0.160 e. The average Bonchev–Trinajstić information content (AvgIpc) is 3.33. The van der Waals surface area contributed by atoms with E-state index in [1.165, 1.54) is 31.4 Å². The van der Waals surface area contributed by atoms with Crippen molar-refractivity contribution in [2.45, 2.75) is 45.1 Å². The summed E-state index contributed by atoms with van der Waals surface area (Å²) in [6.45, 7) is 2.13. The summed E-state index contributed by atoms with van der Waals surface area (Å²) in [6.07, 6.45) is 11.5. The summed E-state index contributed by atoms with van der Waals surface area (Å²) < 4.78 is 2.31. The van der Waals surface area contributed by atoms with Crippen LogP contribution in [0.15, 0.2) is 30.7 Å². The van der Waals surface area contributed by atoms with Gasteiger partial charge in [-0.05, 0) is 37.8 Å². The Morgan fingerprint density at radius 3 is 3.04 bits per heavy atom. The molecule has 3 aromatic rings. The summed E-state index contributed by atoms with van der Waals surface area (Å²) in [7, 11) is 0. The van der Waals surface area contributed by atoms with Crippen molar-refractivity contribution in [1.82, 2.24) is 19.7 Å². The molecule has 24 heavy (non-hydrogen) atoms. The Morgan fingerprint density at radius 1 is 1.42 bits per heavy atom. The predicted molar refractivity (Wildman–Crippen MR) is 93.3 cm³/mol. The Balaban J connectivity index is 1.76. The topological polar surface area (TPSA) is 70.3 Å². The minimum Gasteiger partial charge on any atom is -0.347 e. The van der Waals surface area contributed by atoms with Gasteiger partial charge in [0.1, 0.15) is 0 Å². The van der Waals surface area contributed by atoms with Crippen LogP contribution >= 0.6 is 0 Å². The molecule has 0 aliphatic heterocycles. The summed E-state index contributed by atoms with van der Waals surface area (Å²) in [5.41, 5.74) is 4.25. The van der Waals surface area contributed by atoms with Crippen LogP contribution in [0.4, 0.5) is 0 Å². The van der Waals surface area contributed by atoms with Crippen LogP contribution in [-0.2, 0) is 0 Å². The number of fused-ring (bicyclic) bond motifs is 1. The van der Waals surface area contributed by atoms with Crippen LogP contribution in [0.25, 0.3) is 22.2 Å². The second kappa shape index (κ2) is 6.12. The highest BCUT2D eigenvalue weighted by Crippen LogP contribution is 2.38. The molecule has 0 aromatic carbocycles. The van der Waals surface area contributed by atoms with Crippen LogP contribution in [0.3, 0.4) is 0 Å². The highest BCUT2D eigenvalue weighted by Gasteiger charge is 2.27. The Kier molecular flexibility index (Phi) is 3.81. The van der Waals surface area contributed by atoms with E-state index in [9.17, 15) is 5.26 Å². The number of nitrogens with one attached hydrogen (secondary N) is 1. The first-order valence-electron chi connectivity index (χ1n) is 8.62. The molecule has 3 heterocycles. The second-order valence-corrected chi connectivity index (χ2v) is 6.75. The summed E-state index contributed by atoms with van der Waals surface area (Å²) in [6, 6.07) is 6.91. The van der Waals surface area contributed by atoms with Crippen LogP contribution in [0.1, 0.15) is 43.8 Å². The summed E-state index contributed by atoms with van der Waals surface area (Å²) in [5, 5.41) is 18.6. The van der Waals surface area contributed by atoms with Crippen molar-refractivity contribution >= 4 is 11.0 Å². The van der Waals surface area contributed by atoms with Gasteiger partial charge in [-0.1, -0.05) is 12.8 Å². The normalized spacial score (nSPS) is 16.5. The number of nitrogens with zero attached hydrogens (tertiary/aromatic N) is 4. The zero-order chi connectivity index (χ0) is 16.5. The summed E-state index contributed by atoms with van der Waals surface area (Å²) in [4.78, 5) is 3.12. The minimum absolute atomic E-state index is 0.280. The molecule has 1 N–H and O–H groups in total. The molecule has 1 unspecified atom stereocenters. The van der Waals surface area contributed by atoms with Gasteiger partial charge < -0.3 is 9.55 Å². The molecule has 0 amide bonds. The van der Waals surface area contributed by atoms with Gasteiger partial charge in [-0.15, -0.1) is 5.10 Å². The Bertz CT molecular complexity index is 892. The van der Waals surface area contributed by atoms with Crippen LogP contribution in [-0.4, -0.2) is 19.7 Å². The third-order valence-corrected chi connectivity index (χ3v) is 5.32. The summed E-state index contributed by atoms with van der Waals surface area (Å²) in [5.74, 6) is 0.617. The molecule has 1 fully saturated rings. The van der Waals surface area contributed by atoms with Crippen molar-refractivity contribution in [3.8, 4) is 17.2 Å². The number of hydrogen-bond donors (Lipinski definition) is 1. The minimum atomic E-state index is 0.280. The van der Waals surface area contributed by atoms with Crippen molar-refractivity contribution in [3.63, 3.8) is 0 Å². The van der Waals surface area contributed by atoms with Crippen LogP contribution < -0.4 is 0 Å². The molecule has 1 atom stereocenters. The second-order valence-electron chi connectivity index (χ2n) is 6.75. The van der Waals surface area contributed by atoms with E-state index in [2.05, 4.69) is 45.0 Å². The highest BCUT2D eigenvalue weighted by atomic mass is 15.1. The van der Waals surface area contributed by atoms with Crippen molar-refractivity contribution in [2.75, 3.05) is 0 Å². The molecule has 1 aliphatic carbocycles. The SMILES string of the molecule is Cc1cc(-c2cnnc3[nH]ccc23)cn1C(CC#N)C1CCCC1. The van der Waals surface area contributed by atoms with E-state index in [0.29, 0.717) is 12.3 Å². The molecule has 0 spiro atoms. The molecule has 1 aliphatic rings. The van der Waals surface area contributed by atoms with E-state index in [-0.39, 0.29) is 6.04 Å². The van der Waals surface area contributed by atoms with E-state index in [4.69, 9.17) is 0 Å². The van der Waals surface area contributed by atoms with Gasteiger partial charge in [0.2, 0.25) is 0 Å².